The highest BCUT2D eigenvalue weighted by atomic mass is 16.5. The molecule has 0 aliphatic rings. The monoisotopic (exact) mass is 255 g/mol. The van der Waals surface area contributed by atoms with Crippen LogP contribution in [0.4, 0.5) is 0 Å². The van der Waals surface area contributed by atoms with Gasteiger partial charge < -0.3 is 4.74 Å². The Bertz CT molecular complexity index is 492. The third kappa shape index (κ3) is 5.87. The maximum atomic E-state index is 5.40. The second-order valence-corrected chi connectivity index (χ2v) is 4.16. The van der Waals surface area contributed by atoms with Gasteiger partial charge >= 0.3 is 0 Å². The first-order valence-electron chi connectivity index (χ1n) is 6.37. The lowest BCUT2D eigenvalue weighted by Crippen LogP contribution is -1.90. The topological polar surface area (TPSA) is 21.6 Å². The fourth-order valence-corrected chi connectivity index (χ4v) is 1.46. The van der Waals surface area contributed by atoms with E-state index in [4.69, 9.17) is 4.74 Å². The van der Waals surface area contributed by atoms with Crippen LogP contribution in [0.1, 0.15) is 19.4 Å². The molecule has 0 aliphatic carbocycles. The van der Waals surface area contributed by atoms with Crippen molar-refractivity contribution in [2.24, 2.45) is 4.99 Å². The van der Waals surface area contributed by atoms with E-state index in [1.807, 2.05) is 62.4 Å². The molecule has 0 atom stereocenters. The number of allylic oxidation sites excluding steroid dienone is 4. The summed E-state index contributed by atoms with van der Waals surface area (Å²) in [6.07, 6.45) is 7.91. The van der Waals surface area contributed by atoms with Crippen LogP contribution in [0.15, 0.2) is 59.6 Å². The van der Waals surface area contributed by atoms with E-state index in [0.29, 0.717) is 6.61 Å². The van der Waals surface area contributed by atoms with Crippen molar-refractivity contribution in [1.29, 1.82) is 0 Å². The molecular formula is C17H21NO. The Balaban J connectivity index is 2.71. The van der Waals surface area contributed by atoms with Crippen LogP contribution < -0.4 is 4.74 Å². The molecule has 1 aromatic carbocycles. The minimum atomic E-state index is 0.688. The minimum Gasteiger partial charge on any atom is -0.494 e. The molecule has 0 amide bonds. The molecule has 100 valence electrons. The van der Waals surface area contributed by atoms with Gasteiger partial charge in [0.05, 0.1) is 12.3 Å². The second-order valence-electron chi connectivity index (χ2n) is 4.16. The summed E-state index contributed by atoms with van der Waals surface area (Å²) in [7, 11) is 1.78. The number of benzene rings is 1. The fourth-order valence-electron chi connectivity index (χ4n) is 1.46. The molecule has 1 aromatic rings. The third-order valence-electron chi connectivity index (χ3n) is 2.43. The van der Waals surface area contributed by atoms with Crippen molar-refractivity contribution in [2.75, 3.05) is 13.7 Å². The summed E-state index contributed by atoms with van der Waals surface area (Å²) < 4.78 is 5.40. The van der Waals surface area contributed by atoms with Gasteiger partial charge in [-0.2, -0.15) is 0 Å². The highest BCUT2D eigenvalue weighted by Gasteiger charge is 1.92. The first kappa shape index (κ1) is 15.0. The van der Waals surface area contributed by atoms with Gasteiger partial charge in [-0.1, -0.05) is 36.4 Å². The molecule has 0 aliphatic heterocycles. The highest BCUT2D eigenvalue weighted by Crippen LogP contribution is 2.13. The molecule has 19 heavy (non-hydrogen) atoms. The lowest BCUT2D eigenvalue weighted by Gasteiger charge is -2.02. The van der Waals surface area contributed by atoms with Crippen molar-refractivity contribution in [1.82, 2.24) is 0 Å². The molecule has 2 heteroatoms. The predicted octanol–water partition coefficient (Wildman–Crippen LogP) is 4.30. The van der Waals surface area contributed by atoms with E-state index in [2.05, 4.69) is 11.6 Å². The molecule has 1 rings (SSSR count). The average molecular weight is 255 g/mol. The van der Waals surface area contributed by atoms with Crippen LogP contribution in [0.25, 0.3) is 6.08 Å². The van der Waals surface area contributed by atoms with Gasteiger partial charge in [-0.05, 0) is 43.7 Å². The van der Waals surface area contributed by atoms with E-state index in [1.54, 1.807) is 7.05 Å². The van der Waals surface area contributed by atoms with Crippen LogP contribution >= 0.6 is 0 Å². The van der Waals surface area contributed by atoms with E-state index < -0.39 is 0 Å². The summed E-state index contributed by atoms with van der Waals surface area (Å²) in [4.78, 5) is 4.20. The van der Waals surface area contributed by atoms with Crippen LogP contribution in [0.2, 0.25) is 0 Å². The standard InChI is InChI=1S/C17H21NO/c1-5-19-17-12-8-15(9-13-17)7-11-16(18-4)10-6-14(2)3/h6-13H,2,5H2,1,3-4H3/b10-6-,11-7+,18-16?. The van der Waals surface area contributed by atoms with Gasteiger partial charge in [0, 0.05) is 7.05 Å². The van der Waals surface area contributed by atoms with Gasteiger partial charge in [0.25, 0.3) is 0 Å². The Kier molecular flexibility index (Phi) is 6.37. The molecule has 2 nitrogen and oxygen atoms in total. The Morgan fingerprint density at radius 2 is 1.89 bits per heavy atom. The normalized spacial score (nSPS) is 12.3. The zero-order valence-corrected chi connectivity index (χ0v) is 11.9. The van der Waals surface area contributed by atoms with Crippen molar-refractivity contribution in [2.45, 2.75) is 13.8 Å². The van der Waals surface area contributed by atoms with Gasteiger partial charge in [-0.15, -0.1) is 0 Å². The molecule has 0 heterocycles. The summed E-state index contributed by atoms with van der Waals surface area (Å²) in [5.41, 5.74) is 3.04. The zero-order valence-electron chi connectivity index (χ0n) is 11.9. The molecule has 0 aromatic heterocycles. The van der Waals surface area contributed by atoms with E-state index >= 15 is 0 Å². The third-order valence-corrected chi connectivity index (χ3v) is 2.43. The summed E-state index contributed by atoms with van der Waals surface area (Å²) in [6, 6.07) is 7.99. The van der Waals surface area contributed by atoms with E-state index in [-0.39, 0.29) is 0 Å². The SMILES string of the molecule is C=C(C)/C=C\C(/C=C/c1ccc(OCC)cc1)=NC. The molecule has 0 unspecified atom stereocenters. The molecular weight excluding hydrogens is 234 g/mol. The molecule has 0 spiro atoms. The zero-order chi connectivity index (χ0) is 14.1. The van der Waals surface area contributed by atoms with Gasteiger partial charge in [0.15, 0.2) is 0 Å². The Hall–Kier alpha value is -2.09. The summed E-state index contributed by atoms with van der Waals surface area (Å²) >= 11 is 0. The van der Waals surface area contributed by atoms with E-state index in [9.17, 15) is 0 Å². The maximum Gasteiger partial charge on any atom is 0.119 e. The van der Waals surface area contributed by atoms with Crippen molar-refractivity contribution in [3.63, 3.8) is 0 Å². The van der Waals surface area contributed by atoms with Gasteiger partial charge in [0.1, 0.15) is 5.75 Å². The molecule has 0 saturated heterocycles. The number of rotatable bonds is 6. The Labute approximate surface area is 115 Å². The van der Waals surface area contributed by atoms with Crippen molar-refractivity contribution < 1.29 is 4.74 Å². The average Bonchev–Trinajstić information content (AvgIpc) is 2.41. The summed E-state index contributed by atoms with van der Waals surface area (Å²) in [6.45, 7) is 8.45. The molecule has 0 N–H and O–H groups in total. The van der Waals surface area contributed by atoms with Gasteiger partial charge in [-0.3, -0.25) is 4.99 Å². The Morgan fingerprint density at radius 1 is 1.21 bits per heavy atom. The van der Waals surface area contributed by atoms with Crippen LogP contribution in [0, 0.1) is 0 Å². The second kappa shape index (κ2) is 8.09. The van der Waals surface area contributed by atoms with Crippen LogP contribution in [0.5, 0.6) is 5.75 Å². The smallest absolute Gasteiger partial charge is 0.119 e. The van der Waals surface area contributed by atoms with Crippen molar-refractivity contribution >= 4 is 11.8 Å². The van der Waals surface area contributed by atoms with Crippen LogP contribution in [-0.4, -0.2) is 19.4 Å². The molecule has 0 saturated carbocycles. The quantitative estimate of drug-likeness (QED) is 0.548. The first-order chi connectivity index (χ1) is 9.15. The molecule has 0 fully saturated rings. The van der Waals surface area contributed by atoms with Crippen molar-refractivity contribution in [3.8, 4) is 5.75 Å². The highest BCUT2D eigenvalue weighted by molar-refractivity contribution is 6.06. The minimum absolute atomic E-state index is 0.688. The van der Waals surface area contributed by atoms with Crippen molar-refractivity contribution in [3.05, 3.63) is 60.2 Å². The van der Waals surface area contributed by atoms with Crippen LogP contribution in [-0.2, 0) is 0 Å². The Morgan fingerprint density at radius 3 is 2.42 bits per heavy atom. The van der Waals surface area contributed by atoms with Gasteiger partial charge in [-0.25, -0.2) is 0 Å². The predicted molar refractivity (Wildman–Crippen MR) is 84.0 cm³/mol. The number of nitrogens with zero attached hydrogens (tertiary/aromatic N) is 1. The number of hydrogen-bond acceptors (Lipinski definition) is 2. The number of aliphatic imine (C=N–C) groups is 1. The largest absolute Gasteiger partial charge is 0.494 e. The summed E-state index contributed by atoms with van der Waals surface area (Å²) in [5, 5.41) is 0. The first-order valence-corrected chi connectivity index (χ1v) is 6.37. The lowest BCUT2D eigenvalue weighted by molar-refractivity contribution is 0.340. The maximum absolute atomic E-state index is 5.40. The van der Waals surface area contributed by atoms with E-state index in [0.717, 1.165) is 22.6 Å². The van der Waals surface area contributed by atoms with Crippen LogP contribution in [0.3, 0.4) is 0 Å². The number of hydrogen-bond donors (Lipinski definition) is 0. The molecule has 0 radical (unpaired) electrons. The number of ether oxygens (including phenoxy) is 1. The van der Waals surface area contributed by atoms with Gasteiger partial charge in [0.2, 0.25) is 0 Å². The lowest BCUT2D eigenvalue weighted by atomic mass is 10.1. The van der Waals surface area contributed by atoms with E-state index in [1.165, 1.54) is 0 Å². The fraction of sp³-hybridized carbons (Fsp3) is 0.235. The summed E-state index contributed by atoms with van der Waals surface area (Å²) in [5.74, 6) is 0.895. The molecule has 0 bridgehead atoms.